The quantitative estimate of drug-likeness (QED) is 0.496. The van der Waals surface area contributed by atoms with E-state index in [0.29, 0.717) is 10.9 Å². The molecule has 8 heteroatoms. The summed E-state index contributed by atoms with van der Waals surface area (Å²) in [5.41, 5.74) is 0.437. The molecule has 2 aromatic carbocycles. The second-order valence-corrected chi connectivity index (χ2v) is 8.52. The van der Waals surface area contributed by atoms with Gasteiger partial charge in [-0.05, 0) is 0 Å². The maximum atomic E-state index is 12.8. The summed E-state index contributed by atoms with van der Waals surface area (Å²) in [6, 6.07) is 11.9. The maximum absolute atomic E-state index is 12.8. The van der Waals surface area contributed by atoms with Gasteiger partial charge in [-0.25, -0.2) is 0 Å². The van der Waals surface area contributed by atoms with Crippen LogP contribution in [0.3, 0.4) is 0 Å². The van der Waals surface area contributed by atoms with Crippen molar-refractivity contribution in [3.8, 4) is 6.07 Å². The Morgan fingerprint density at radius 2 is 1.96 bits per heavy atom. The third-order valence-electron chi connectivity index (χ3n) is 3.72. The molecule has 0 aliphatic heterocycles. The number of hydrogen-bond donors (Lipinski definition) is 1. The summed E-state index contributed by atoms with van der Waals surface area (Å²) in [7, 11) is 0. The van der Waals surface area contributed by atoms with E-state index < -0.39 is 17.5 Å². The number of anilines is 1. The topological polar surface area (TPSA) is 105 Å². The Balaban J connectivity index is 1.97. The van der Waals surface area contributed by atoms with Crippen LogP contribution in [0, 0.1) is 11.3 Å². The Kier molecular flexibility index (Phi) is 5.26. The number of amides is 1. The molecule has 142 valence electrons. The Labute approximate surface area is 170 Å². The van der Waals surface area contributed by atoms with E-state index in [1.165, 1.54) is 35.1 Å². The van der Waals surface area contributed by atoms with Crippen molar-refractivity contribution in [1.29, 1.82) is 5.26 Å². The molecule has 0 fully saturated rings. The summed E-state index contributed by atoms with van der Waals surface area (Å²) >= 11 is 1.41. The van der Waals surface area contributed by atoms with Gasteiger partial charge in [-0.2, -0.15) is 0 Å². The van der Waals surface area contributed by atoms with Crippen LogP contribution in [-0.2, 0) is 4.74 Å². The predicted molar refractivity (Wildman–Crippen MR) is 106 cm³/mol. The fraction of sp³-hybridized carbons (Fsp3) is 0.200. The summed E-state index contributed by atoms with van der Waals surface area (Å²) in [6.45, 7) is 5.21. The van der Waals surface area contributed by atoms with E-state index >= 15 is 0 Å². The van der Waals surface area contributed by atoms with Gasteiger partial charge in [-0.3, -0.25) is 0 Å². The first-order chi connectivity index (χ1) is 13.2. The fourth-order valence-corrected chi connectivity index (χ4v) is 3.08. The van der Waals surface area contributed by atoms with Crippen molar-refractivity contribution in [3.63, 3.8) is 0 Å². The molecule has 0 bridgehead atoms. The molecule has 3 aromatic rings. The monoisotopic (exact) mass is 439 g/mol. The summed E-state index contributed by atoms with van der Waals surface area (Å²) in [4.78, 5) is 25.3. The molecule has 0 aliphatic carbocycles. The zero-order chi connectivity index (χ0) is 20.5. The zero-order valence-electron chi connectivity index (χ0n) is 15.6. The number of fused-ring (bicyclic) bond motifs is 1. The number of esters is 1. The third-order valence-corrected chi connectivity index (χ3v) is 4.48. The van der Waals surface area contributed by atoms with Gasteiger partial charge in [0.15, 0.2) is 0 Å². The first kappa shape index (κ1) is 19.7. The van der Waals surface area contributed by atoms with Crippen LogP contribution in [0.2, 0.25) is 0 Å². The molecule has 1 aromatic heterocycles. The van der Waals surface area contributed by atoms with Crippen LogP contribution in [0.4, 0.5) is 5.69 Å². The van der Waals surface area contributed by atoms with Crippen molar-refractivity contribution in [3.05, 3.63) is 53.3 Å². The van der Waals surface area contributed by atoms with Gasteiger partial charge in [-0.15, -0.1) is 0 Å². The molecule has 0 saturated heterocycles. The zero-order valence-corrected chi connectivity index (χ0v) is 18.0. The Bertz CT molecular complexity index is 1120. The minimum absolute atomic E-state index is 0.0500. The third kappa shape index (κ3) is 4.24. The number of rotatable bonds is 3. The van der Waals surface area contributed by atoms with Crippen LogP contribution in [-0.4, -0.2) is 39.5 Å². The molecule has 0 spiro atoms. The number of carbonyl (C=O) groups excluding carboxylic acids is 2. The summed E-state index contributed by atoms with van der Waals surface area (Å²) in [6.07, 6.45) is 0. The van der Waals surface area contributed by atoms with Gasteiger partial charge in [0.05, 0.1) is 0 Å². The molecule has 1 N–H and O–H groups in total. The van der Waals surface area contributed by atoms with Crippen molar-refractivity contribution in [2.75, 3.05) is 5.32 Å². The van der Waals surface area contributed by atoms with Gasteiger partial charge in [-0.1, -0.05) is 0 Å². The van der Waals surface area contributed by atoms with Gasteiger partial charge >= 0.3 is 170 Å². The Morgan fingerprint density at radius 3 is 2.64 bits per heavy atom. The summed E-state index contributed by atoms with van der Waals surface area (Å²) in [5, 5.41) is 16.3. The van der Waals surface area contributed by atoms with Gasteiger partial charge in [0.25, 0.3) is 0 Å². The van der Waals surface area contributed by atoms with E-state index in [9.17, 15) is 9.59 Å². The van der Waals surface area contributed by atoms with E-state index in [2.05, 4.69) is 10.5 Å². The number of nitriles is 1. The van der Waals surface area contributed by atoms with Gasteiger partial charge in [0.1, 0.15) is 0 Å². The number of ether oxygens (including phenoxy) is 1. The van der Waals surface area contributed by atoms with Crippen LogP contribution in [0.25, 0.3) is 10.9 Å². The van der Waals surface area contributed by atoms with Gasteiger partial charge in [0.2, 0.25) is 0 Å². The van der Waals surface area contributed by atoms with Gasteiger partial charge in [0, 0.05) is 0 Å². The van der Waals surface area contributed by atoms with Crippen molar-refractivity contribution in [2.45, 2.75) is 26.4 Å². The van der Waals surface area contributed by atoms with E-state index in [4.69, 9.17) is 14.5 Å². The normalized spacial score (nSPS) is 11.1. The number of hydrogen-bond acceptors (Lipinski definition) is 6. The average molecular weight is 439 g/mol. The number of benzene rings is 2. The second-order valence-electron chi connectivity index (χ2n) is 7.12. The minimum atomic E-state index is -0.721. The van der Waals surface area contributed by atoms with Crippen LogP contribution < -0.4 is 9.67 Å². The standard InChI is InChI=1S/C20H18AsN3O4/c1-20(2,3)27-19(26)14-8-11(10-22)4-6-15(14)23-18(25)17-13-9-12(21)5-7-16(13)24-28-17/h4-9H,21H2,1-3H3,(H,23,25). The molecule has 0 saturated carbocycles. The first-order valence-electron chi connectivity index (χ1n) is 8.42. The molecular weight excluding hydrogens is 421 g/mol. The molecule has 7 nitrogen and oxygen atoms in total. The van der Waals surface area contributed by atoms with E-state index in [0.717, 1.165) is 4.35 Å². The Hall–Kier alpha value is -3.10. The number of aromatic nitrogens is 1. The SMILES string of the molecule is CC(C)(C)OC(=O)c1cc(C#N)ccc1NC(=O)c1onc2ccc([AsH2])cc12. The molecule has 0 aliphatic rings. The molecule has 1 heterocycles. The van der Waals surface area contributed by atoms with Crippen LogP contribution in [0.5, 0.6) is 0 Å². The second kappa shape index (κ2) is 7.49. The summed E-state index contributed by atoms with van der Waals surface area (Å²) in [5.74, 6) is -1.13. The number of nitrogens with zero attached hydrogens (tertiary/aromatic N) is 2. The van der Waals surface area contributed by atoms with E-state index in [-0.39, 0.29) is 22.6 Å². The molecule has 3 rings (SSSR count). The van der Waals surface area contributed by atoms with Crippen LogP contribution in [0.1, 0.15) is 47.2 Å². The predicted octanol–water partition coefficient (Wildman–Crippen LogP) is 2.17. The first-order valence-corrected chi connectivity index (χ1v) is 9.63. The van der Waals surface area contributed by atoms with Crippen LogP contribution >= 0.6 is 0 Å². The summed E-state index contributed by atoms with van der Waals surface area (Å²) < 4.78 is 11.6. The van der Waals surface area contributed by atoms with Crippen molar-refractivity contribution >= 4 is 49.7 Å². The van der Waals surface area contributed by atoms with Crippen molar-refractivity contribution in [1.82, 2.24) is 5.16 Å². The fourth-order valence-electron chi connectivity index (χ4n) is 2.53. The van der Waals surface area contributed by atoms with E-state index in [1.54, 1.807) is 26.8 Å². The number of nitrogens with one attached hydrogen (secondary N) is 1. The molecule has 0 radical (unpaired) electrons. The molecule has 28 heavy (non-hydrogen) atoms. The molecular formula is C20H18AsN3O4. The average Bonchev–Trinajstić information content (AvgIpc) is 3.03. The molecule has 1 unspecified atom stereocenters. The van der Waals surface area contributed by atoms with Crippen LogP contribution in [0.15, 0.2) is 40.9 Å². The van der Waals surface area contributed by atoms with E-state index in [1.807, 2.05) is 18.2 Å². The molecule has 1 amide bonds. The number of carbonyl (C=O) groups is 2. The van der Waals surface area contributed by atoms with Gasteiger partial charge < -0.3 is 0 Å². The van der Waals surface area contributed by atoms with Crippen molar-refractivity contribution < 1.29 is 18.8 Å². The van der Waals surface area contributed by atoms with Crippen molar-refractivity contribution in [2.24, 2.45) is 0 Å². The molecule has 1 atom stereocenters. The Morgan fingerprint density at radius 1 is 1.21 bits per heavy atom.